The number of fused-ring (bicyclic) bond motifs is 1. The van der Waals surface area contributed by atoms with Crippen molar-refractivity contribution in [1.82, 2.24) is 10.6 Å². The maximum Gasteiger partial charge on any atom is 0.251 e. The molecule has 0 radical (unpaired) electrons. The number of carbonyl (C=O) groups is 2. The summed E-state index contributed by atoms with van der Waals surface area (Å²) in [4.78, 5) is 24.9. The van der Waals surface area contributed by atoms with Crippen LogP contribution in [-0.2, 0) is 0 Å². The molecule has 2 aliphatic rings. The van der Waals surface area contributed by atoms with Crippen LogP contribution in [0.3, 0.4) is 0 Å². The van der Waals surface area contributed by atoms with Crippen LogP contribution >= 0.6 is 0 Å². The molecule has 28 heavy (non-hydrogen) atoms. The Morgan fingerprint density at radius 1 is 0.857 bits per heavy atom. The quantitative estimate of drug-likeness (QED) is 0.850. The van der Waals surface area contributed by atoms with Crippen molar-refractivity contribution in [2.24, 2.45) is 0 Å². The van der Waals surface area contributed by atoms with Crippen LogP contribution in [0.5, 0.6) is 11.5 Å². The fourth-order valence-electron chi connectivity index (χ4n) is 3.63. The third-order valence-electron chi connectivity index (χ3n) is 5.09. The van der Waals surface area contributed by atoms with Gasteiger partial charge in [-0.05, 0) is 68.1 Å². The van der Waals surface area contributed by atoms with Gasteiger partial charge >= 0.3 is 0 Å². The van der Waals surface area contributed by atoms with Crippen LogP contribution in [0.4, 0.5) is 4.39 Å². The van der Waals surface area contributed by atoms with Gasteiger partial charge in [-0.1, -0.05) is 0 Å². The van der Waals surface area contributed by atoms with Crippen LogP contribution in [0.25, 0.3) is 0 Å². The first-order valence-corrected chi connectivity index (χ1v) is 9.35. The Hall–Kier alpha value is -3.09. The normalized spacial score (nSPS) is 20.5. The molecule has 0 unspecified atom stereocenters. The number of carbonyl (C=O) groups excluding carboxylic acids is 2. The highest BCUT2D eigenvalue weighted by atomic mass is 19.1. The molecule has 4 rings (SSSR count). The zero-order valence-corrected chi connectivity index (χ0v) is 15.2. The molecule has 1 saturated carbocycles. The van der Waals surface area contributed by atoms with Gasteiger partial charge in [-0.25, -0.2) is 4.39 Å². The second kappa shape index (κ2) is 7.88. The molecule has 0 bridgehead atoms. The van der Waals surface area contributed by atoms with Gasteiger partial charge < -0.3 is 20.1 Å². The van der Waals surface area contributed by atoms with Crippen LogP contribution in [0.15, 0.2) is 42.5 Å². The van der Waals surface area contributed by atoms with Crippen LogP contribution in [0.1, 0.15) is 46.4 Å². The summed E-state index contributed by atoms with van der Waals surface area (Å²) in [6.07, 6.45) is 3.27. The zero-order valence-electron chi connectivity index (χ0n) is 15.2. The van der Waals surface area contributed by atoms with Gasteiger partial charge in [-0.2, -0.15) is 0 Å². The molecule has 0 spiro atoms. The van der Waals surface area contributed by atoms with Gasteiger partial charge in [0.25, 0.3) is 11.8 Å². The maximum atomic E-state index is 13.0. The third-order valence-corrected chi connectivity index (χ3v) is 5.09. The van der Waals surface area contributed by atoms with Gasteiger partial charge in [0.2, 0.25) is 6.79 Å². The van der Waals surface area contributed by atoms with Crippen molar-refractivity contribution >= 4 is 11.8 Å². The summed E-state index contributed by atoms with van der Waals surface area (Å²) in [7, 11) is 0. The van der Waals surface area contributed by atoms with E-state index in [9.17, 15) is 14.0 Å². The SMILES string of the molecule is O=C(N[C@@H]1CCC[C@H](NC(=O)c2ccc3c(c2)OCO3)C1)c1ccc(F)cc1. The molecular formula is C21H21FN2O4. The average molecular weight is 384 g/mol. The summed E-state index contributed by atoms with van der Waals surface area (Å²) in [5, 5.41) is 6.02. The topological polar surface area (TPSA) is 76.7 Å². The standard InChI is InChI=1S/C21H21FN2O4/c22-15-7-4-13(5-8-15)20(25)23-16-2-1-3-17(11-16)24-21(26)14-6-9-18-19(10-14)28-12-27-18/h4-10,16-17H,1-3,11-12H2,(H,23,25)(H,24,26)/t16-,17+/m1/s1. The Morgan fingerprint density at radius 3 is 2.18 bits per heavy atom. The number of halogens is 1. The second-order valence-electron chi connectivity index (χ2n) is 7.08. The van der Waals surface area contributed by atoms with E-state index in [1.165, 1.54) is 24.3 Å². The predicted molar refractivity (Wildman–Crippen MR) is 99.9 cm³/mol. The Bertz CT molecular complexity index is 884. The van der Waals surface area contributed by atoms with Crippen LogP contribution in [0, 0.1) is 5.82 Å². The minimum atomic E-state index is -0.375. The van der Waals surface area contributed by atoms with E-state index in [0.717, 1.165) is 19.3 Å². The number of ether oxygens (including phenoxy) is 2. The highest BCUT2D eigenvalue weighted by Gasteiger charge is 2.26. The molecule has 1 aliphatic heterocycles. The van der Waals surface area contributed by atoms with E-state index >= 15 is 0 Å². The number of hydrogen-bond donors (Lipinski definition) is 2. The number of amides is 2. The number of rotatable bonds is 4. The molecule has 2 amide bonds. The van der Waals surface area contributed by atoms with E-state index in [1.807, 2.05) is 0 Å². The fourth-order valence-corrected chi connectivity index (χ4v) is 3.63. The van der Waals surface area contributed by atoms with Gasteiger partial charge in [0.1, 0.15) is 5.82 Å². The molecule has 146 valence electrons. The number of hydrogen-bond acceptors (Lipinski definition) is 4. The number of benzene rings is 2. The van der Waals surface area contributed by atoms with Crippen molar-refractivity contribution in [2.75, 3.05) is 6.79 Å². The summed E-state index contributed by atoms with van der Waals surface area (Å²) in [5.74, 6) is 0.431. The lowest BCUT2D eigenvalue weighted by molar-refractivity contribution is 0.0902. The Balaban J connectivity index is 1.34. The predicted octanol–water partition coefficient (Wildman–Crippen LogP) is 3.03. The average Bonchev–Trinajstić information content (AvgIpc) is 3.16. The molecule has 7 heteroatoms. The van der Waals surface area contributed by atoms with E-state index in [0.29, 0.717) is 29.0 Å². The van der Waals surface area contributed by atoms with Crippen LogP contribution < -0.4 is 20.1 Å². The number of nitrogens with one attached hydrogen (secondary N) is 2. The summed E-state index contributed by atoms with van der Waals surface area (Å²) in [5.41, 5.74) is 0.939. The first-order valence-electron chi connectivity index (χ1n) is 9.35. The second-order valence-corrected chi connectivity index (χ2v) is 7.08. The molecule has 1 heterocycles. The largest absolute Gasteiger partial charge is 0.454 e. The zero-order chi connectivity index (χ0) is 19.5. The Morgan fingerprint density at radius 2 is 1.46 bits per heavy atom. The molecular weight excluding hydrogens is 363 g/mol. The van der Waals surface area contributed by atoms with Crippen molar-refractivity contribution < 1.29 is 23.5 Å². The highest BCUT2D eigenvalue weighted by molar-refractivity contribution is 5.95. The molecule has 2 N–H and O–H groups in total. The molecule has 1 aliphatic carbocycles. The van der Waals surface area contributed by atoms with E-state index in [1.54, 1.807) is 18.2 Å². The van der Waals surface area contributed by atoms with Gasteiger partial charge in [-0.15, -0.1) is 0 Å². The molecule has 2 aromatic rings. The molecule has 6 nitrogen and oxygen atoms in total. The van der Waals surface area contributed by atoms with Crippen molar-refractivity contribution in [3.63, 3.8) is 0 Å². The highest BCUT2D eigenvalue weighted by Crippen LogP contribution is 2.32. The first kappa shape index (κ1) is 18.3. The lowest BCUT2D eigenvalue weighted by Crippen LogP contribution is -2.45. The maximum absolute atomic E-state index is 13.0. The van der Waals surface area contributed by atoms with Crippen LogP contribution in [0.2, 0.25) is 0 Å². The summed E-state index contributed by atoms with van der Waals surface area (Å²) < 4.78 is 23.6. The van der Waals surface area contributed by atoms with Crippen molar-refractivity contribution in [3.8, 4) is 11.5 Å². The van der Waals surface area contributed by atoms with E-state index < -0.39 is 0 Å². The monoisotopic (exact) mass is 384 g/mol. The smallest absolute Gasteiger partial charge is 0.251 e. The Labute approximate surface area is 162 Å². The summed E-state index contributed by atoms with van der Waals surface area (Å²) >= 11 is 0. The minimum Gasteiger partial charge on any atom is -0.454 e. The summed E-state index contributed by atoms with van der Waals surface area (Å²) in [6, 6.07) is 10.5. The summed E-state index contributed by atoms with van der Waals surface area (Å²) in [6.45, 7) is 0.165. The van der Waals surface area contributed by atoms with Gasteiger partial charge in [0.05, 0.1) is 0 Å². The van der Waals surface area contributed by atoms with E-state index in [2.05, 4.69) is 10.6 Å². The van der Waals surface area contributed by atoms with Crippen molar-refractivity contribution in [2.45, 2.75) is 37.8 Å². The van der Waals surface area contributed by atoms with Crippen molar-refractivity contribution in [1.29, 1.82) is 0 Å². The van der Waals surface area contributed by atoms with Gasteiger partial charge in [0.15, 0.2) is 11.5 Å². The van der Waals surface area contributed by atoms with Gasteiger partial charge in [0, 0.05) is 23.2 Å². The molecule has 1 fully saturated rings. The first-order chi connectivity index (χ1) is 13.6. The van der Waals surface area contributed by atoms with E-state index in [-0.39, 0.29) is 36.5 Å². The fraction of sp³-hybridized carbons (Fsp3) is 0.333. The minimum absolute atomic E-state index is 0.0230. The molecule has 0 aromatic heterocycles. The Kier molecular flexibility index (Phi) is 5.14. The molecule has 0 saturated heterocycles. The lowest BCUT2D eigenvalue weighted by Gasteiger charge is -2.30. The third kappa shape index (κ3) is 4.08. The van der Waals surface area contributed by atoms with Crippen molar-refractivity contribution in [3.05, 3.63) is 59.4 Å². The molecule has 2 aromatic carbocycles. The van der Waals surface area contributed by atoms with Crippen LogP contribution in [-0.4, -0.2) is 30.7 Å². The lowest BCUT2D eigenvalue weighted by atomic mass is 9.90. The van der Waals surface area contributed by atoms with Gasteiger partial charge in [-0.3, -0.25) is 9.59 Å². The van der Waals surface area contributed by atoms with E-state index in [4.69, 9.17) is 9.47 Å². The molecule has 2 atom stereocenters.